The molecule has 2 atom stereocenters. The fourth-order valence-electron chi connectivity index (χ4n) is 2.76. The van der Waals surface area contributed by atoms with Crippen LogP contribution in [-0.4, -0.2) is 16.7 Å². The van der Waals surface area contributed by atoms with Crippen molar-refractivity contribution in [2.24, 2.45) is 11.0 Å². The molecular formula is C18H18N2O4. The molecule has 1 amide bonds. The van der Waals surface area contributed by atoms with Crippen molar-refractivity contribution < 1.29 is 14.3 Å². The summed E-state index contributed by atoms with van der Waals surface area (Å²) in [6.07, 6.45) is 0.780. The molecule has 3 rings (SSSR count). The summed E-state index contributed by atoms with van der Waals surface area (Å²) in [7, 11) is 0. The van der Waals surface area contributed by atoms with Gasteiger partial charge in [-0.15, -0.1) is 0 Å². The zero-order valence-electron chi connectivity index (χ0n) is 13.4. The summed E-state index contributed by atoms with van der Waals surface area (Å²) in [4.78, 5) is 24.0. The second kappa shape index (κ2) is 6.31. The van der Waals surface area contributed by atoms with Crippen molar-refractivity contribution in [3.8, 4) is 5.75 Å². The maximum atomic E-state index is 12.2. The molecule has 1 aliphatic rings. The Kier molecular flexibility index (Phi) is 4.20. The molecule has 6 nitrogen and oxygen atoms in total. The number of carbonyl (C=O) groups is 1. The molecule has 0 spiro atoms. The minimum atomic E-state index is -0.684. The number of hydrogen-bond acceptors (Lipinski definition) is 5. The molecule has 0 bridgehead atoms. The number of carbonyl (C=O) groups excluding carboxylic acids is 1. The van der Waals surface area contributed by atoms with E-state index in [1.165, 1.54) is 13.0 Å². The molecule has 1 aromatic carbocycles. The molecule has 124 valence electrons. The van der Waals surface area contributed by atoms with E-state index in [-0.39, 0.29) is 34.8 Å². The minimum Gasteiger partial charge on any atom is -0.507 e. The lowest BCUT2D eigenvalue weighted by molar-refractivity contribution is -0.122. The highest BCUT2D eigenvalue weighted by molar-refractivity contribution is 6.01. The van der Waals surface area contributed by atoms with Crippen LogP contribution in [0.3, 0.4) is 0 Å². The van der Waals surface area contributed by atoms with E-state index >= 15 is 0 Å². The third-order valence-corrected chi connectivity index (χ3v) is 4.10. The topological polar surface area (TPSA) is 91.9 Å². The van der Waals surface area contributed by atoms with Crippen LogP contribution in [0.1, 0.15) is 36.1 Å². The van der Waals surface area contributed by atoms with Crippen LogP contribution < -0.4 is 11.1 Å². The van der Waals surface area contributed by atoms with Gasteiger partial charge in [0.05, 0.1) is 5.71 Å². The van der Waals surface area contributed by atoms with Crippen LogP contribution in [0.15, 0.2) is 50.7 Å². The highest BCUT2D eigenvalue weighted by Gasteiger charge is 2.43. The number of rotatable bonds is 4. The number of aryl methyl sites for hydroxylation is 1. The molecule has 0 unspecified atom stereocenters. The van der Waals surface area contributed by atoms with Crippen molar-refractivity contribution in [3.63, 3.8) is 0 Å². The molecule has 6 heteroatoms. The third-order valence-electron chi connectivity index (χ3n) is 4.10. The van der Waals surface area contributed by atoms with Gasteiger partial charge in [0, 0.05) is 12.0 Å². The Labute approximate surface area is 138 Å². The van der Waals surface area contributed by atoms with Crippen LogP contribution >= 0.6 is 0 Å². The number of hydrogen-bond donors (Lipinski definition) is 2. The highest BCUT2D eigenvalue weighted by atomic mass is 16.4. The van der Waals surface area contributed by atoms with Crippen LogP contribution in [0.25, 0.3) is 0 Å². The summed E-state index contributed by atoms with van der Waals surface area (Å²) in [6.45, 7) is 3.10. The van der Waals surface area contributed by atoms with E-state index in [1.54, 1.807) is 6.92 Å². The lowest BCUT2D eigenvalue weighted by Gasteiger charge is -2.04. The summed E-state index contributed by atoms with van der Waals surface area (Å²) in [5.41, 5.74) is 3.08. The van der Waals surface area contributed by atoms with Gasteiger partial charge in [0.1, 0.15) is 17.1 Å². The zero-order valence-corrected chi connectivity index (χ0v) is 13.4. The van der Waals surface area contributed by atoms with Gasteiger partial charge in [0.2, 0.25) is 5.91 Å². The maximum Gasteiger partial charge on any atom is 0.348 e. The van der Waals surface area contributed by atoms with Crippen molar-refractivity contribution in [1.29, 1.82) is 0 Å². The molecule has 0 radical (unpaired) electrons. The average Bonchev–Trinajstić information content (AvgIpc) is 3.33. The first-order chi connectivity index (χ1) is 11.5. The molecule has 2 aromatic rings. The van der Waals surface area contributed by atoms with Crippen molar-refractivity contribution in [2.45, 2.75) is 26.2 Å². The molecule has 1 heterocycles. The van der Waals surface area contributed by atoms with E-state index in [1.807, 2.05) is 30.3 Å². The first-order valence-electron chi connectivity index (χ1n) is 7.70. The van der Waals surface area contributed by atoms with E-state index in [2.05, 4.69) is 10.5 Å². The number of nitrogens with one attached hydrogen (secondary N) is 1. The first kappa shape index (κ1) is 16.0. The van der Waals surface area contributed by atoms with Gasteiger partial charge in [-0.25, -0.2) is 10.2 Å². The standard InChI is InChI=1S/C18H18N2O4/c1-10-8-15(21)16(18(23)24-10)11(2)19-20-17(22)14-9-13(14)12-6-4-3-5-7-12/h3-8,13-14,21H,9H2,1-2H3,(H,20,22)/b19-11-/t13-,14-/m1/s1. The second-order valence-electron chi connectivity index (χ2n) is 5.94. The lowest BCUT2D eigenvalue weighted by atomic mass is 10.1. The van der Waals surface area contributed by atoms with Crippen LogP contribution in [0.5, 0.6) is 5.75 Å². The predicted octanol–water partition coefficient (Wildman–Crippen LogP) is 2.30. The van der Waals surface area contributed by atoms with Gasteiger partial charge in [-0.05, 0) is 31.7 Å². The molecule has 1 aliphatic carbocycles. The summed E-state index contributed by atoms with van der Waals surface area (Å²) in [5.74, 6) is -0.0136. The number of benzene rings is 1. The molecule has 1 saturated carbocycles. The van der Waals surface area contributed by atoms with E-state index in [9.17, 15) is 14.7 Å². The van der Waals surface area contributed by atoms with Gasteiger partial charge in [0.15, 0.2) is 0 Å². The van der Waals surface area contributed by atoms with Crippen molar-refractivity contribution in [1.82, 2.24) is 5.43 Å². The molecular weight excluding hydrogens is 308 g/mol. The predicted molar refractivity (Wildman–Crippen MR) is 89.0 cm³/mol. The van der Waals surface area contributed by atoms with E-state index < -0.39 is 5.63 Å². The number of nitrogens with zero attached hydrogens (tertiary/aromatic N) is 1. The average molecular weight is 326 g/mol. The SMILES string of the molecule is C/C(=N/NC(=O)[C@@H]1C[C@@H]1c1ccccc1)c1c(O)cc(C)oc1=O. The summed E-state index contributed by atoms with van der Waals surface area (Å²) in [5, 5.41) is 13.8. The summed E-state index contributed by atoms with van der Waals surface area (Å²) < 4.78 is 4.94. The Bertz CT molecular complexity index is 855. The lowest BCUT2D eigenvalue weighted by Crippen LogP contribution is -2.23. The quantitative estimate of drug-likeness (QED) is 0.666. The smallest absolute Gasteiger partial charge is 0.348 e. The van der Waals surface area contributed by atoms with Gasteiger partial charge >= 0.3 is 5.63 Å². The molecule has 1 aromatic heterocycles. The van der Waals surface area contributed by atoms with Crippen LogP contribution in [-0.2, 0) is 4.79 Å². The van der Waals surface area contributed by atoms with Crippen molar-refractivity contribution >= 4 is 11.6 Å². The Balaban J connectivity index is 1.68. The second-order valence-corrected chi connectivity index (χ2v) is 5.94. The largest absolute Gasteiger partial charge is 0.507 e. The Morgan fingerprint density at radius 1 is 1.33 bits per heavy atom. The van der Waals surface area contributed by atoms with E-state index in [0.717, 1.165) is 12.0 Å². The van der Waals surface area contributed by atoms with Crippen LogP contribution in [0.2, 0.25) is 0 Å². The summed E-state index contributed by atoms with van der Waals surface area (Å²) in [6, 6.07) is 11.2. The third kappa shape index (κ3) is 3.22. The molecule has 0 aliphatic heterocycles. The highest BCUT2D eigenvalue weighted by Crippen LogP contribution is 2.47. The fraction of sp³-hybridized carbons (Fsp3) is 0.278. The molecule has 2 N–H and O–H groups in total. The first-order valence-corrected chi connectivity index (χ1v) is 7.70. The number of aromatic hydroxyl groups is 1. The number of hydrazone groups is 1. The maximum absolute atomic E-state index is 12.2. The van der Waals surface area contributed by atoms with E-state index in [4.69, 9.17) is 4.42 Å². The normalized spacial score (nSPS) is 19.8. The van der Waals surface area contributed by atoms with Gasteiger partial charge in [-0.1, -0.05) is 30.3 Å². The zero-order chi connectivity index (χ0) is 17.3. The van der Waals surface area contributed by atoms with E-state index in [0.29, 0.717) is 5.76 Å². The van der Waals surface area contributed by atoms with Crippen molar-refractivity contribution in [2.75, 3.05) is 0 Å². The van der Waals surface area contributed by atoms with Gasteiger partial charge in [0.25, 0.3) is 0 Å². The minimum absolute atomic E-state index is 0.0451. The molecule has 1 fully saturated rings. The molecule has 24 heavy (non-hydrogen) atoms. The van der Waals surface area contributed by atoms with Gasteiger partial charge in [-0.2, -0.15) is 5.10 Å². The number of amides is 1. The Morgan fingerprint density at radius 2 is 2.04 bits per heavy atom. The van der Waals surface area contributed by atoms with Crippen LogP contribution in [0, 0.1) is 12.8 Å². The molecule has 0 saturated heterocycles. The monoisotopic (exact) mass is 326 g/mol. The Morgan fingerprint density at radius 3 is 2.71 bits per heavy atom. The fourth-order valence-corrected chi connectivity index (χ4v) is 2.76. The van der Waals surface area contributed by atoms with Crippen LogP contribution in [0.4, 0.5) is 0 Å². The Hall–Kier alpha value is -2.89. The summed E-state index contributed by atoms with van der Waals surface area (Å²) >= 11 is 0. The van der Waals surface area contributed by atoms with Gasteiger partial charge < -0.3 is 9.52 Å². The van der Waals surface area contributed by atoms with Gasteiger partial charge in [-0.3, -0.25) is 4.79 Å². The van der Waals surface area contributed by atoms with Crippen molar-refractivity contribution in [3.05, 3.63) is 63.7 Å².